The van der Waals surface area contributed by atoms with E-state index >= 15 is 0 Å². The number of hydrogen-bond donors (Lipinski definition) is 1. The zero-order valence-electron chi connectivity index (χ0n) is 12.7. The van der Waals surface area contributed by atoms with Gasteiger partial charge in [-0.1, -0.05) is 29.8 Å². The Morgan fingerprint density at radius 3 is 2.30 bits per heavy atom. The summed E-state index contributed by atoms with van der Waals surface area (Å²) < 4.78 is 0. The molecule has 0 aromatic heterocycles. The molecule has 5 rings (SSSR count). The van der Waals surface area contributed by atoms with Gasteiger partial charge in [0.1, 0.15) is 0 Å². The van der Waals surface area contributed by atoms with Gasteiger partial charge in [0.2, 0.25) is 0 Å². The molecule has 1 heteroatoms. The molecule has 0 spiro atoms. The molecule has 4 bridgehead atoms. The van der Waals surface area contributed by atoms with E-state index in [9.17, 15) is 0 Å². The number of benzene rings is 1. The third kappa shape index (κ3) is 2.41. The molecule has 4 fully saturated rings. The van der Waals surface area contributed by atoms with Gasteiger partial charge in [-0.15, -0.1) is 0 Å². The summed E-state index contributed by atoms with van der Waals surface area (Å²) in [5.74, 6) is 3.15. The Morgan fingerprint density at radius 1 is 1.05 bits per heavy atom. The van der Waals surface area contributed by atoms with E-state index in [0.717, 1.165) is 24.3 Å². The SMILES string of the molecule is Cc1cccc(CCNC23CC4CC(CC(C4)C2)C3)c1. The Bertz CT molecular complexity index is 455. The summed E-state index contributed by atoms with van der Waals surface area (Å²) in [7, 11) is 0. The molecule has 1 N–H and O–H groups in total. The van der Waals surface area contributed by atoms with Gasteiger partial charge in [-0.05, 0) is 81.7 Å². The zero-order chi connectivity index (χ0) is 13.6. The number of aryl methyl sites for hydroxylation is 1. The smallest absolute Gasteiger partial charge is 0.0189 e. The Hall–Kier alpha value is -0.820. The van der Waals surface area contributed by atoms with Crippen molar-refractivity contribution in [3.8, 4) is 0 Å². The topological polar surface area (TPSA) is 12.0 Å². The molecule has 0 amide bonds. The molecular weight excluding hydrogens is 242 g/mol. The van der Waals surface area contributed by atoms with E-state index in [0.29, 0.717) is 5.54 Å². The predicted molar refractivity (Wildman–Crippen MR) is 83.8 cm³/mol. The molecule has 4 aliphatic rings. The molecule has 0 aliphatic heterocycles. The van der Waals surface area contributed by atoms with Crippen molar-refractivity contribution in [1.82, 2.24) is 5.32 Å². The Balaban J connectivity index is 1.37. The van der Waals surface area contributed by atoms with Crippen LogP contribution in [0.2, 0.25) is 0 Å². The van der Waals surface area contributed by atoms with Crippen LogP contribution >= 0.6 is 0 Å². The van der Waals surface area contributed by atoms with Gasteiger partial charge < -0.3 is 5.32 Å². The van der Waals surface area contributed by atoms with Crippen LogP contribution in [-0.2, 0) is 6.42 Å². The van der Waals surface area contributed by atoms with E-state index in [1.54, 1.807) is 0 Å². The van der Waals surface area contributed by atoms with Gasteiger partial charge in [0.15, 0.2) is 0 Å². The standard InChI is InChI=1S/C19H27N/c1-14-3-2-4-15(7-14)5-6-20-19-11-16-8-17(12-19)10-18(9-16)13-19/h2-4,7,16-18,20H,5-6,8-13H2,1H3. The number of hydrogen-bond acceptors (Lipinski definition) is 1. The molecule has 1 nitrogen and oxygen atoms in total. The van der Waals surface area contributed by atoms with Gasteiger partial charge in [0.05, 0.1) is 0 Å². The molecule has 1 aromatic rings. The summed E-state index contributed by atoms with van der Waals surface area (Å²) >= 11 is 0. The van der Waals surface area contributed by atoms with E-state index in [2.05, 4.69) is 36.5 Å². The second-order valence-electron chi connectivity index (χ2n) is 7.86. The van der Waals surface area contributed by atoms with Gasteiger partial charge in [-0.25, -0.2) is 0 Å². The minimum absolute atomic E-state index is 0.526. The second-order valence-corrected chi connectivity index (χ2v) is 7.86. The first-order chi connectivity index (χ1) is 9.71. The Morgan fingerprint density at radius 2 is 1.70 bits per heavy atom. The van der Waals surface area contributed by atoms with Crippen molar-refractivity contribution < 1.29 is 0 Å². The normalized spacial score (nSPS) is 38.4. The monoisotopic (exact) mass is 269 g/mol. The summed E-state index contributed by atoms with van der Waals surface area (Å²) in [4.78, 5) is 0. The molecule has 20 heavy (non-hydrogen) atoms. The van der Waals surface area contributed by atoms with Crippen LogP contribution in [0.3, 0.4) is 0 Å². The van der Waals surface area contributed by atoms with Gasteiger partial charge in [0, 0.05) is 5.54 Å². The van der Waals surface area contributed by atoms with E-state index in [1.165, 1.54) is 56.1 Å². The third-order valence-corrected chi connectivity index (χ3v) is 6.03. The summed E-state index contributed by atoms with van der Waals surface area (Å²) in [6.45, 7) is 3.35. The van der Waals surface area contributed by atoms with Crippen molar-refractivity contribution in [2.75, 3.05) is 6.54 Å². The lowest BCUT2D eigenvalue weighted by Gasteiger charge is -2.57. The first kappa shape index (κ1) is 12.9. The average Bonchev–Trinajstić information content (AvgIpc) is 2.36. The maximum atomic E-state index is 4.00. The number of nitrogens with one attached hydrogen (secondary N) is 1. The van der Waals surface area contributed by atoms with E-state index < -0.39 is 0 Å². The minimum Gasteiger partial charge on any atom is -0.311 e. The molecule has 4 aliphatic carbocycles. The molecule has 0 saturated heterocycles. The summed E-state index contributed by atoms with van der Waals surface area (Å²) in [5, 5.41) is 4.00. The van der Waals surface area contributed by atoms with Gasteiger partial charge in [-0.2, -0.15) is 0 Å². The van der Waals surface area contributed by atoms with Crippen LogP contribution in [0.4, 0.5) is 0 Å². The van der Waals surface area contributed by atoms with Crippen molar-refractivity contribution in [1.29, 1.82) is 0 Å². The summed E-state index contributed by atoms with van der Waals surface area (Å²) in [5.41, 5.74) is 3.40. The highest BCUT2D eigenvalue weighted by atomic mass is 15.0. The fraction of sp³-hybridized carbons (Fsp3) is 0.684. The van der Waals surface area contributed by atoms with Crippen LogP contribution in [0.5, 0.6) is 0 Å². The van der Waals surface area contributed by atoms with Crippen molar-refractivity contribution in [3.63, 3.8) is 0 Å². The molecule has 0 radical (unpaired) electrons. The quantitative estimate of drug-likeness (QED) is 0.868. The van der Waals surface area contributed by atoms with Crippen molar-refractivity contribution in [3.05, 3.63) is 35.4 Å². The summed E-state index contributed by atoms with van der Waals surface area (Å²) in [6, 6.07) is 8.99. The lowest BCUT2D eigenvalue weighted by Crippen LogP contribution is -2.58. The van der Waals surface area contributed by atoms with Gasteiger partial charge >= 0.3 is 0 Å². The van der Waals surface area contributed by atoms with E-state index in [-0.39, 0.29) is 0 Å². The van der Waals surface area contributed by atoms with Crippen LogP contribution in [0.25, 0.3) is 0 Å². The largest absolute Gasteiger partial charge is 0.311 e. The van der Waals surface area contributed by atoms with E-state index in [4.69, 9.17) is 0 Å². The van der Waals surface area contributed by atoms with Crippen LogP contribution in [-0.4, -0.2) is 12.1 Å². The van der Waals surface area contributed by atoms with Crippen molar-refractivity contribution in [2.45, 2.75) is 57.4 Å². The Kier molecular flexibility index (Phi) is 3.14. The van der Waals surface area contributed by atoms with Crippen LogP contribution in [0.1, 0.15) is 49.7 Å². The maximum absolute atomic E-state index is 4.00. The molecule has 0 atom stereocenters. The molecule has 1 aromatic carbocycles. The van der Waals surface area contributed by atoms with Crippen LogP contribution in [0, 0.1) is 24.7 Å². The average molecular weight is 269 g/mol. The molecule has 108 valence electrons. The fourth-order valence-corrected chi connectivity index (χ4v) is 5.67. The summed E-state index contributed by atoms with van der Waals surface area (Å²) in [6.07, 6.45) is 10.2. The lowest BCUT2D eigenvalue weighted by molar-refractivity contribution is -0.0192. The fourth-order valence-electron chi connectivity index (χ4n) is 5.67. The molecular formula is C19H27N. The van der Waals surface area contributed by atoms with Gasteiger partial charge in [-0.3, -0.25) is 0 Å². The first-order valence-corrected chi connectivity index (χ1v) is 8.51. The second kappa shape index (κ2) is 4.87. The van der Waals surface area contributed by atoms with Crippen molar-refractivity contribution in [2.24, 2.45) is 17.8 Å². The highest BCUT2D eigenvalue weighted by molar-refractivity contribution is 5.22. The highest BCUT2D eigenvalue weighted by Crippen LogP contribution is 2.55. The predicted octanol–water partition coefficient (Wildman–Crippen LogP) is 4.10. The number of rotatable bonds is 4. The zero-order valence-corrected chi connectivity index (χ0v) is 12.7. The van der Waals surface area contributed by atoms with Crippen molar-refractivity contribution >= 4 is 0 Å². The minimum atomic E-state index is 0.526. The molecule has 4 saturated carbocycles. The van der Waals surface area contributed by atoms with Crippen LogP contribution < -0.4 is 5.32 Å². The highest BCUT2D eigenvalue weighted by Gasteiger charge is 2.50. The van der Waals surface area contributed by atoms with Crippen LogP contribution in [0.15, 0.2) is 24.3 Å². The molecule has 0 heterocycles. The first-order valence-electron chi connectivity index (χ1n) is 8.51. The van der Waals surface area contributed by atoms with Gasteiger partial charge in [0.25, 0.3) is 0 Å². The van der Waals surface area contributed by atoms with E-state index in [1.807, 2.05) is 0 Å². The molecule has 0 unspecified atom stereocenters. The maximum Gasteiger partial charge on any atom is 0.0189 e. The lowest BCUT2D eigenvalue weighted by atomic mass is 9.53. The third-order valence-electron chi connectivity index (χ3n) is 6.03. The Labute approximate surface area is 123 Å².